The van der Waals surface area contributed by atoms with Crippen LogP contribution >= 0.6 is 11.8 Å². The van der Waals surface area contributed by atoms with Gasteiger partial charge in [-0.3, -0.25) is 9.69 Å². The lowest BCUT2D eigenvalue weighted by molar-refractivity contribution is -0.130. The number of thioether (sulfide) groups is 1. The second-order valence-electron chi connectivity index (χ2n) is 6.65. The largest absolute Gasteiger partial charge is 0.339 e. The molecule has 2 fully saturated rings. The second kappa shape index (κ2) is 8.37. The van der Waals surface area contributed by atoms with E-state index in [1.54, 1.807) is 0 Å². The summed E-state index contributed by atoms with van der Waals surface area (Å²) in [6, 6.07) is 0. The molecule has 2 aliphatic heterocycles. The number of nitrogens with zero attached hydrogens (tertiary/aromatic N) is 3. The highest BCUT2D eigenvalue weighted by molar-refractivity contribution is 7.98. The van der Waals surface area contributed by atoms with Gasteiger partial charge in [-0.15, -0.1) is 6.58 Å². The molecule has 0 saturated carbocycles. The monoisotopic (exact) mass is 325 g/mol. The number of piperazine rings is 1. The average Bonchev–Trinajstić information content (AvgIpc) is 2.66. The van der Waals surface area contributed by atoms with E-state index in [2.05, 4.69) is 29.7 Å². The molecular weight excluding hydrogens is 294 g/mol. The van der Waals surface area contributed by atoms with Crippen molar-refractivity contribution in [3.63, 3.8) is 0 Å². The third-order valence-electron chi connectivity index (χ3n) is 5.26. The molecule has 0 aromatic carbocycles. The Morgan fingerprint density at radius 1 is 1.32 bits per heavy atom. The molecule has 2 aliphatic rings. The summed E-state index contributed by atoms with van der Waals surface area (Å²) in [4.78, 5) is 19.4. The molecule has 1 atom stereocenters. The van der Waals surface area contributed by atoms with E-state index < -0.39 is 0 Å². The van der Waals surface area contributed by atoms with E-state index in [0.717, 1.165) is 39.0 Å². The summed E-state index contributed by atoms with van der Waals surface area (Å²) in [5.74, 6) is 1.54. The highest BCUT2D eigenvalue weighted by Gasteiger charge is 2.41. The lowest BCUT2D eigenvalue weighted by Gasteiger charge is -2.49. The van der Waals surface area contributed by atoms with Crippen LogP contribution in [0.3, 0.4) is 0 Å². The molecule has 22 heavy (non-hydrogen) atoms. The molecule has 2 heterocycles. The Morgan fingerprint density at radius 2 is 2.14 bits per heavy atom. The van der Waals surface area contributed by atoms with E-state index in [-0.39, 0.29) is 5.54 Å². The molecule has 0 radical (unpaired) electrons. The summed E-state index contributed by atoms with van der Waals surface area (Å²) in [6.45, 7) is 9.93. The van der Waals surface area contributed by atoms with E-state index in [1.165, 1.54) is 18.7 Å². The van der Waals surface area contributed by atoms with Crippen molar-refractivity contribution >= 4 is 17.7 Å². The van der Waals surface area contributed by atoms with Crippen LogP contribution in [-0.2, 0) is 4.79 Å². The molecule has 5 heteroatoms. The minimum absolute atomic E-state index is 0.184. The minimum atomic E-state index is 0.184. The van der Waals surface area contributed by atoms with E-state index in [0.29, 0.717) is 18.9 Å². The number of carbonyl (C=O) groups excluding carboxylic acids is 1. The molecule has 0 aliphatic carbocycles. The first-order valence-electron chi connectivity index (χ1n) is 8.42. The van der Waals surface area contributed by atoms with Gasteiger partial charge in [0, 0.05) is 44.7 Å². The third-order valence-corrected chi connectivity index (χ3v) is 5.95. The van der Waals surface area contributed by atoms with E-state index in [9.17, 15) is 4.79 Å². The molecule has 126 valence electrons. The lowest BCUT2D eigenvalue weighted by Crippen LogP contribution is -2.61. The Morgan fingerprint density at radius 3 is 2.86 bits per heavy atom. The fourth-order valence-corrected chi connectivity index (χ4v) is 4.16. The van der Waals surface area contributed by atoms with Gasteiger partial charge in [-0.1, -0.05) is 6.08 Å². The fourth-order valence-electron chi connectivity index (χ4n) is 3.75. The first-order chi connectivity index (χ1) is 10.6. The summed E-state index contributed by atoms with van der Waals surface area (Å²) in [5.41, 5.74) is 0.184. The zero-order valence-electron chi connectivity index (χ0n) is 14.2. The van der Waals surface area contributed by atoms with Crippen molar-refractivity contribution in [2.75, 3.05) is 58.3 Å². The highest BCUT2D eigenvalue weighted by atomic mass is 32.2. The van der Waals surface area contributed by atoms with Gasteiger partial charge in [-0.25, -0.2) is 0 Å². The Labute approximate surface area is 139 Å². The van der Waals surface area contributed by atoms with Gasteiger partial charge in [0.2, 0.25) is 5.91 Å². The molecule has 1 amide bonds. The Balaban J connectivity index is 1.99. The van der Waals surface area contributed by atoms with Crippen molar-refractivity contribution in [3.05, 3.63) is 12.7 Å². The van der Waals surface area contributed by atoms with Gasteiger partial charge in [-0.05, 0) is 44.9 Å². The van der Waals surface area contributed by atoms with Crippen LogP contribution in [0.5, 0.6) is 0 Å². The minimum Gasteiger partial charge on any atom is -0.339 e. The van der Waals surface area contributed by atoms with Crippen molar-refractivity contribution in [1.82, 2.24) is 14.7 Å². The Hall–Kier alpha value is -0.520. The van der Waals surface area contributed by atoms with Gasteiger partial charge in [-0.2, -0.15) is 11.8 Å². The zero-order valence-corrected chi connectivity index (χ0v) is 15.0. The Kier molecular flexibility index (Phi) is 6.78. The maximum Gasteiger partial charge on any atom is 0.222 e. The van der Waals surface area contributed by atoms with Gasteiger partial charge in [0.25, 0.3) is 0 Å². The average molecular weight is 326 g/mol. The summed E-state index contributed by atoms with van der Waals surface area (Å²) in [7, 11) is 2.24. The van der Waals surface area contributed by atoms with Crippen molar-refractivity contribution in [1.29, 1.82) is 0 Å². The molecule has 1 spiro atoms. The van der Waals surface area contributed by atoms with E-state index >= 15 is 0 Å². The van der Waals surface area contributed by atoms with Gasteiger partial charge in [0.15, 0.2) is 0 Å². The maximum atomic E-state index is 12.3. The van der Waals surface area contributed by atoms with Crippen LogP contribution in [0.25, 0.3) is 0 Å². The first-order valence-corrected chi connectivity index (χ1v) is 9.82. The van der Waals surface area contributed by atoms with Crippen LogP contribution in [0, 0.1) is 0 Å². The van der Waals surface area contributed by atoms with Gasteiger partial charge >= 0.3 is 0 Å². The van der Waals surface area contributed by atoms with Crippen molar-refractivity contribution in [2.24, 2.45) is 0 Å². The molecule has 0 N–H and O–H groups in total. The van der Waals surface area contributed by atoms with Gasteiger partial charge < -0.3 is 9.80 Å². The number of likely N-dealkylation sites (N-methyl/N-ethyl adjacent to an activating group) is 1. The molecule has 0 aromatic heterocycles. The normalized spacial score (nSPS) is 28.1. The van der Waals surface area contributed by atoms with E-state index in [4.69, 9.17) is 0 Å². The predicted molar refractivity (Wildman–Crippen MR) is 95.4 cm³/mol. The quantitative estimate of drug-likeness (QED) is 0.551. The number of carbonyl (C=O) groups is 1. The second-order valence-corrected chi connectivity index (χ2v) is 7.63. The number of hydrogen-bond donors (Lipinski definition) is 0. The van der Waals surface area contributed by atoms with E-state index in [1.807, 2.05) is 22.7 Å². The molecule has 2 rings (SSSR count). The smallest absolute Gasteiger partial charge is 0.222 e. The summed E-state index contributed by atoms with van der Waals surface area (Å²) >= 11 is 1.93. The number of likely N-dealkylation sites (tertiary alicyclic amines) is 1. The standard InChI is InChI=1S/C17H31N3OS/c1-4-9-20-11-8-17(7-6-16(20)21)15-19(10-5-14-22-3)13-12-18(17)2/h4H,1,5-15H2,2-3H3. The van der Waals surface area contributed by atoms with Gasteiger partial charge in [0.1, 0.15) is 0 Å². The summed E-state index contributed by atoms with van der Waals surface area (Å²) < 4.78 is 0. The number of amides is 1. The van der Waals surface area contributed by atoms with Crippen molar-refractivity contribution in [3.8, 4) is 0 Å². The molecule has 0 aromatic rings. The molecule has 0 bridgehead atoms. The highest BCUT2D eigenvalue weighted by Crippen LogP contribution is 2.32. The summed E-state index contributed by atoms with van der Waals surface area (Å²) in [6.07, 6.45) is 8.04. The molecule has 2 saturated heterocycles. The zero-order chi connectivity index (χ0) is 16.0. The maximum absolute atomic E-state index is 12.3. The lowest BCUT2D eigenvalue weighted by atomic mass is 9.86. The van der Waals surface area contributed by atoms with Crippen LogP contribution < -0.4 is 0 Å². The van der Waals surface area contributed by atoms with Crippen LogP contribution in [0.1, 0.15) is 25.7 Å². The van der Waals surface area contributed by atoms with Crippen LogP contribution in [0.4, 0.5) is 0 Å². The molecule has 1 unspecified atom stereocenters. The number of rotatable bonds is 6. The van der Waals surface area contributed by atoms with Gasteiger partial charge in [0.05, 0.1) is 0 Å². The first kappa shape index (κ1) is 17.8. The van der Waals surface area contributed by atoms with Crippen LogP contribution in [0.2, 0.25) is 0 Å². The van der Waals surface area contributed by atoms with Crippen LogP contribution in [-0.4, -0.2) is 84.5 Å². The third kappa shape index (κ3) is 4.27. The SMILES string of the molecule is C=CCN1CCC2(CCC1=O)CN(CCCSC)CCN2C. The molecule has 4 nitrogen and oxygen atoms in total. The molecular formula is C17H31N3OS. The van der Waals surface area contributed by atoms with Crippen molar-refractivity contribution < 1.29 is 4.79 Å². The Bertz CT molecular complexity index is 390. The van der Waals surface area contributed by atoms with Crippen LogP contribution in [0.15, 0.2) is 12.7 Å². The number of hydrogen-bond acceptors (Lipinski definition) is 4. The summed E-state index contributed by atoms with van der Waals surface area (Å²) in [5, 5.41) is 0. The topological polar surface area (TPSA) is 26.8 Å². The van der Waals surface area contributed by atoms with Crippen molar-refractivity contribution in [2.45, 2.75) is 31.2 Å². The predicted octanol–water partition coefficient (Wildman–Crippen LogP) is 1.92. The fraction of sp³-hybridized carbons (Fsp3) is 0.824.